The van der Waals surface area contributed by atoms with Gasteiger partial charge in [-0.2, -0.15) is 5.10 Å². The largest absolute Gasteiger partial charge is 0.497 e. The van der Waals surface area contributed by atoms with Crippen LogP contribution in [-0.2, 0) is 19.9 Å². The fourth-order valence-corrected chi connectivity index (χ4v) is 5.94. The van der Waals surface area contributed by atoms with Gasteiger partial charge in [0, 0.05) is 37.0 Å². The van der Waals surface area contributed by atoms with Crippen LogP contribution in [0.1, 0.15) is 43.6 Å². The molecule has 1 aromatic heterocycles. The second-order valence-electron chi connectivity index (χ2n) is 10.5. The molecule has 1 N–H and O–H groups in total. The van der Waals surface area contributed by atoms with E-state index in [9.17, 15) is 9.59 Å². The Balaban J connectivity index is 1.94. The lowest BCUT2D eigenvalue weighted by atomic mass is 9.98. The molecular weight excluding hydrogens is 528 g/mol. The molecule has 0 saturated heterocycles. The van der Waals surface area contributed by atoms with Gasteiger partial charge in [-0.3, -0.25) is 14.5 Å². The van der Waals surface area contributed by atoms with Crippen molar-refractivity contribution in [3.63, 3.8) is 0 Å². The van der Waals surface area contributed by atoms with Gasteiger partial charge >= 0.3 is 0 Å². The van der Waals surface area contributed by atoms with Crippen molar-refractivity contribution in [1.29, 1.82) is 0 Å². The van der Waals surface area contributed by atoms with Crippen LogP contribution in [0, 0.1) is 0 Å². The maximum atomic E-state index is 13.8. The van der Waals surface area contributed by atoms with Crippen LogP contribution in [0.15, 0.2) is 48.5 Å². The molecule has 2 heterocycles. The molecule has 1 aliphatic heterocycles. The molecule has 2 amide bonds. The predicted octanol–water partition coefficient (Wildman–Crippen LogP) is 4.64. The van der Waals surface area contributed by atoms with Gasteiger partial charge in [-0.15, -0.1) is 11.8 Å². The van der Waals surface area contributed by atoms with E-state index in [2.05, 4.69) is 5.32 Å². The highest BCUT2D eigenvalue weighted by molar-refractivity contribution is 8.00. The number of fused-ring (bicyclic) bond motifs is 1. The number of carbonyl (C=O) groups is 2. The summed E-state index contributed by atoms with van der Waals surface area (Å²) in [6.45, 7) is 7.03. The number of rotatable bonds is 10. The van der Waals surface area contributed by atoms with Crippen LogP contribution in [0.5, 0.6) is 11.5 Å². The molecule has 0 bridgehead atoms. The Morgan fingerprint density at radius 2 is 1.85 bits per heavy atom. The SMILES string of the molecule is COCCCNC(=O)CN1C(=O)CS[C@H](c2cc(OC)ccc2OC)c2c(-c3ccccc3)nn(C(C)(C)C)c21. The summed E-state index contributed by atoms with van der Waals surface area (Å²) in [5.41, 5.74) is 2.93. The van der Waals surface area contributed by atoms with E-state index < -0.39 is 5.54 Å². The molecule has 4 rings (SSSR count). The number of methoxy groups -OCH3 is 3. The number of hydrogen-bond acceptors (Lipinski definition) is 7. The minimum Gasteiger partial charge on any atom is -0.497 e. The van der Waals surface area contributed by atoms with Gasteiger partial charge in [0.2, 0.25) is 11.8 Å². The topological polar surface area (TPSA) is 94.9 Å². The van der Waals surface area contributed by atoms with Crippen molar-refractivity contribution in [2.75, 3.05) is 51.7 Å². The zero-order chi connectivity index (χ0) is 28.9. The first-order valence-electron chi connectivity index (χ1n) is 13.3. The van der Waals surface area contributed by atoms with Crippen molar-refractivity contribution in [1.82, 2.24) is 15.1 Å². The van der Waals surface area contributed by atoms with Crippen LogP contribution in [-0.4, -0.2) is 68.4 Å². The van der Waals surface area contributed by atoms with Crippen LogP contribution >= 0.6 is 11.8 Å². The third-order valence-electron chi connectivity index (χ3n) is 6.64. The molecule has 1 atom stereocenters. The molecule has 2 aromatic carbocycles. The molecule has 0 spiro atoms. The molecule has 1 aliphatic rings. The smallest absolute Gasteiger partial charge is 0.240 e. The molecule has 0 fully saturated rings. The predicted molar refractivity (Wildman–Crippen MR) is 158 cm³/mol. The highest BCUT2D eigenvalue weighted by Crippen LogP contribution is 2.51. The average molecular weight is 567 g/mol. The lowest BCUT2D eigenvalue weighted by Gasteiger charge is -2.29. The number of thioether (sulfide) groups is 1. The van der Waals surface area contributed by atoms with Gasteiger partial charge in [0.05, 0.1) is 36.5 Å². The molecule has 9 nitrogen and oxygen atoms in total. The molecule has 0 radical (unpaired) electrons. The van der Waals surface area contributed by atoms with Gasteiger partial charge in [0.1, 0.15) is 23.9 Å². The highest BCUT2D eigenvalue weighted by Gasteiger charge is 2.40. The Hall–Kier alpha value is -3.50. The first-order valence-corrected chi connectivity index (χ1v) is 14.3. The first kappa shape index (κ1) is 29.5. The molecule has 0 aliphatic carbocycles. The normalized spacial score (nSPS) is 15.4. The van der Waals surface area contributed by atoms with Crippen molar-refractivity contribution in [3.05, 3.63) is 59.7 Å². The highest BCUT2D eigenvalue weighted by atomic mass is 32.2. The van der Waals surface area contributed by atoms with Crippen molar-refractivity contribution in [2.45, 2.75) is 38.0 Å². The molecule has 0 saturated carbocycles. The van der Waals surface area contributed by atoms with Crippen LogP contribution in [0.3, 0.4) is 0 Å². The van der Waals surface area contributed by atoms with Gasteiger partial charge < -0.3 is 19.5 Å². The Kier molecular flexibility index (Phi) is 9.42. The second kappa shape index (κ2) is 12.8. The number of ether oxygens (including phenoxy) is 3. The Labute approximate surface area is 240 Å². The molecule has 3 aromatic rings. The molecule has 10 heteroatoms. The summed E-state index contributed by atoms with van der Waals surface area (Å²) >= 11 is 1.50. The number of carbonyl (C=O) groups excluding carboxylic acids is 2. The Morgan fingerprint density at radius 3 is 2.50 bits per heavy atom. The Bertz CT molecular complexity index is 1340. The van der Waals surface area contributed by atoms with Gasteiger partial charge in [-0.05, 0) is 45.4 Å². The van der Waals surface area contributed by atoms with Crippen molar-refractivity contribution >= 4 is 29.4 Å². The number of nitrogens with zero attached hydrogens (tertiary/aromatic N) is 3. The van der Waals surface area contributed by atoms with E-state index in [1.165, 1.54) is 11.8 Å². The molecule has 0 unspecified atom stereocenters. The van der Waals surface area contributed by atoms with Crippen molar-refractivity contribution in [3.8, 4) is 22.8 Å². The van der Waals surface area contributed by atoms with E-state index in [1.807, 2.05) is 74.0 Å². The van der Waals surface area contributed by atoms with E-state index in [0.717, 1.165) is 22.4 Å². The van der Waals surface area contributed by atoms with Gasteiger partial charge in [-0.25, -0.2) is 4.68 Å². The summed E-state index contributed by atoms with van der Waals surface area (Å²) in [5.74, 6) is 1.76. The zero-order valence-electron chi connectivity index (χ0n) is 24.0. The summed E-state index contributed by atoms with van der Waals surface area (Å²) in [6.07, 6.45) is 0.688. The Morgan fingerprint density at radius 1 is 1.10 bits per heavy atom. The van der Waals surface area contributed by atoms with E-state index in [-0.39, 0.29) is 29.4 Å². The van der Waals surface area contributed by atoms with Crippen LogP contribution in [0.25, 0.3) is 11.3 Å². The lowest BCUT2D eigenvalue weighted by Crippen LogP contribution is -2.44. The van der Waals surface area contributed by atoms with E-state index in [1.54, 1.807) is 26.2 Å². The summed E-state index contributed by atoms with van der Waals surface area (Å²) in [7, 11) is 4.89. The average Bonchev–Trinajstić information content (AvgIpc) is 3.29. The maximum Gasteiger partial charge on any atom is 0.240 e. The number of anilines is 1. The summed E-state index contributed by atoms with van der Waals surface area (Å²) in [6, 6.07) is 15.6. The maximum absolute atomic E-state index is 13.8. The fourth-order valence-electron chi connectivity index (χ4n) is 4.73. The minimum atomic E-state index is -0.484. The molecule has 40 heavy (non-hydrogen) atoms. The number of amides is 2. The minimum absolute atomic E-state index is 0.114. The molecular formula is C30H38N4O5S. The van der Waals surface area contributed by atoms with Crippen LogP contribution in [0.2, 0.25) is 0 Å². The zero-order valence-corrected chi connectivity index (χ0v) is 24.8. The third-order valence-corrected chi connectivity index (χ3v) is 7.88. The van der Waals surface area contributed by atoms with Crippen molar-refractivity contribution < 1.29 is 23.8 Å². The van der Waals surface area contributed by atoms with Crippen molar-refractivity contribution in [2.24, 2.45) is 0 Å². The second-order valence-corrected chi connectivity index (χ2v) is 11.6. The van der Waals surface area contributed by atoms with Gasteiger partial charge in [0.15, 0.2) is 0 Å². The number of benzene rings is 2. The first-order chi connectivity index (χ1) is 19.2. The number of nitrogens with one attached hydrogen (secondary N) is 1. The quantitative estimate of drug-likeness (QED) is 0.357. The van der Waals surface area contributed by atoms with Gasteiger partial charge in [-0.1, -0.05) is 30.3 Å². The van der Waals surface area contributed by atoms with Crippen LogP contribution < -0.4 is 19.7 Å². The monoisotopic (exact) mass is 566 g/mol. The number of aromatic nitrogens is 2. The standard InChI is InChI=1S/C30H38N4O5S/c1-30(2,3)34-29-26(27(32-34)20-11-8-7-9-12-20)28(22-17-21(38-5)13-14-23(22)39-6)40-19-25(36)33(29)18-24(35)31-15-10-16-37-4/h7-9,11-14,17,28H,10,15-16,18-19H2,1-6H3,(H,31,35)/t28-/m1/s1. The van der Waals surface area contributed by atoms with E-state index >= 15 is 0 Å². The third kappa shape index (κ3) is 6.28. The fraction of sp³-hybridized carbons (Fsp3) is 0.433. The molecule has 214 valence electrons. The van der Waals surface area contributed by atoms with E-state index in [0.29, 0.717) is 36.9 Å². The summed E-state index contributed by atoms with van der Waals surface area (Å²) in [5, 5.41) is 7.73. The van der Waals surface area contributed by atoms with Gasteiger partial charge in [0.25, 0.3) is 0 Å². The lowest BCUT2D eigenvalue weighted by molar-refractivity contribution is -0.123. The van der Waals surface area contributed by atoms with E-state index in [4.69, 9.17) is 19.3 Å². The van der Waals surface area contributed by atoms with Crippen LogP contribution in [0.4, 0.5) is 5.82 Å². The number of hydrogen-bond donors (Lipinski definition) is 1. The summed E-state index contributed by atoms with van der Waals surface area (Å²) in [4.78, 5) is 28.5. The summed E-state index contributed by atoms with van der Waals surface area (Å²) < 4.78 is 18.3.